The molecule has 5 heteroatoms. The van der Waals surface area contributed by atoms with E-state index < -0.39 is 17.5 Å². The van der Waals surface area contributed by atoms with E-state index in [-0.39, 0.29) is 5.56 Å². The molecule has 0 atom stereocenters. The normalized spacial score (nSPS) is 9.77. The van der Waals surface area contributed by atoms with Gasteiger partial charge in [-0.05, 0) is 12.1 Å². The van der Waals surface area contributed by atoms with Crippen molar-refractivity contribution < 1.29 is 18.4 Å². The lowest BCUT2D eigenvalue weighted by Crippen LogP contribution is -2.22. The molecule has 1 amide bonds. The molecular weight excluding hydrogens is 180 g/mol. The fraction of sp³-hybridized carbons (Fsp3) is 0.125. The summed E-state index contributed by atoms with van der Waals surface area (Å²) in [7, 11) is 1.23. The Hall–Kier alpha value is -1.49. The molecule has 0 radical (unpaired) electrons. The number of carbonyl (C=O) groups is 1. The summed E-state index contributed by atoms with van der Waals surface area (Å²) in [4.78, 5) is 15.3. The van der Waals surface area contributed by atoms with Crippen LogP contribution in [0.3, 0.4) is 0 Å². The van der Waals surface area contributed by atoms with Crippen molar-refractivity contribution in [3.05, 3.63) is 35.4 Å². The van der Waals surface area contributed by atoms with Gasteiger partial charge in [-0.3, -0.25) is 9.63 Å². The molecule has 70 valence electrons. The Morgan fingerprint density at radius 1 is 1.31 bits per heavy atom. The van der Waals surface area contributed by atoms with Crippen molar-refractivity contribution in [1.82, 2.24) is 5.48 Å². The van der Waals surface area contributed by atoms with Gasteiger partial charge in [0.2, 0.25) is 0 Å². The molecule has 1 aromatic carbocycles. The van der Waals surface area contributed by atoms with Crippen LogP contribution in [-0.2, 0) is 4.84 Å². The first kappa shape index (κ1) is 9.60. The van der Waals surface area contributed by atoms with E-state index in [1.54, 1.807) is 0 Å². The zero-order valence-electron chi connectivity index (χ0n) is 6.80. The van der Waals surface area contributed by atoms with Crippen LogP contribution in [0.4, 0.5) is 8.78 Å². The minimum Gasteiger partial charge on any atom is -0.277 e. The molecule has 3 nitrogen and oxygen atoms in total. The Morgan fingerprint density at radius 3 is 2.31 bits per heavy atom. The largest absolute Gasteiger partial charge is 0.277 e. The summed E-state index contributed by atoms with van der Waals surface area (Å²) < 4.78 is 25.1. The van der Waals surface area contributed by atoms with Gasteiger partial charge < -0.3 is 0 Å². The summed E-state index contributed by atoms with van der Waals surface area (Å²) >= 11 is 0. The minimum atomic E-state index is -0.804. The van der Waals surface area contributed by atoms with Gasteiger partial charge in [0.05, 0.1) is 7.11 Å². The lowest BCUT2D eigenvalue weighted by molar-refractivity contribution is 0.0537. The fourth-order valence-corrected chi connectivity index (χ4v) is 0.837. The van der Waals surface area contributed by atoms with Gasteiger partial charge in [-0.25, -0.2) is 14.3 Å². The SMILES string of the molecule is CONC(=O)c1cc(F)cc(F)c1. The van der Waals surface area contributed by atoms with Gasteiger partial charge in [-0.15, -0.1) is 0 Å². The lowest BCUT2D eigenvalue weighted by Gasteiger charge is -2.01. The quantitative estimate of drug-likeness (QED) is 0.708. The van der Waals surface area contributed by atoms with Crippen LogP contribution in [0, 0.1) is 11.6 Å². The summed E-state index contributed by atoms with van der Waals surface area (Å²) in [5.74, 6) is -2.30. The number of hydrogen-bond acceptors (Lipinski definition) is 2. The molecule has 0 spiro atoms. The average molecular weight is 187 g/mol. The smallest absolute Gasteiger partial charge is 0.275 e. The molecule has 0 saturated heterocycles. The summed E-state index contributed by atoms with van der Waals surface area (Å²) in [6.45, 7) is 0. The van der Waals surface area contributed by atoms with E-state index in [9.17, 15) is 13.6 Å². The maximum atomic E-state index is 12.6. The van der Waals surface area contributed by atoms with Crippen molar-refractivity contribution in [3.63, 3.8) is 0 Å². The van der Waals surface area contributed by atoms with E-state index in [0.29, 0.717) is 6.07 Å². The monoisotopic (exact) mass is 187 g/mol. The third-order valence-corrected chi connectivity index (χ3v) is 1.32. The van der Waals surface area contributed by atoms with E-state index in [1.165, 1.54) is 7.11 Å². The number of carbonyl (C=O) groups excluding carboxylic acids is 1. The van der Waals surface area contributed by atoms with Crippen molar-refractivity contribution in [3.8, 4) is 0 Å². The number of hydrogen-bond donors (Lipinski definition) is 1. The van der Waals surface area contributed by atoms with Crippen molar-refractivity contribution >= 4 is 5.91 Å². The van der Waals surface area contributed by atoms with Gasteiger partial charge in [0.25, 0.3) is 5.91 Å². The first-order valence-electron chi connectivity index (χ1n) is 3.43. The zero-order valence-corrected chi connectivity index (χ0v) is 6.80. The molecule has 0 aliphatic carbocycles. The van der Waals surface area contributed by atoms with Crippen LogP contribution in [-0.4, -0.2) is 13.0 Å². The highest BCUT2D eigenvalue weighted by molar-refractivity contribution is 5.93. The van der Waals surface area contributed by atoms with Gasteiger partial charge in [-0.2, -0.15) is 0 Å². The molecule has 1 aromatic rings. The molecule has 0 aliphatic rings. The van der Waals surface area contributed by atoms with Crippen LogP contribution in [0.25, 0.3) is 0 Å². The highest BCUT2D eigenvalue weighted by Gasteiger charge is 2.07. The number of rotatable bonds is 2. The van der Waals surface area contributed by atoms with Crippen LogP contribution in [0.1, 0.15) is 10.4 Å². The molecule has 13 heavy (non-hydrogen) atoms. The third kappa shape index (κ3) is 2.48. The highest BCUT2D eigenvalue weighted by atomic mass is 19.1. The lowest BCUT2D eigenvalue weighted by atomic mass is 10.2. The first-order valence-corrected chi connectivity index (χ1v) is 3.43. The Bertz CT molecular complexity index is 308. The van der Waals surface area contributed by atoms with E-state index in [1.807, 2.05) is 5.48 Å². The van der Waals surface area contributed by atoms with Crippen LogP contribution < -0.4 is 5.48 Å². The Morgan fingerprint density at radius 2 is 1.85 bits per heavy atom. The molecule has 0 fully saturated rings. The molecule has 0 heterocycles. The maximum absolute atomic E-state index is 12.6. The zero-order chi connectivity index (χ0) is 9.84. The Kier molecular flexibility index (Phi) is 2.92. The van der Waals surface area contributed by atoms with Crippen molar-refractivity contribution in [2.24, 2.45) is 0 Å². The average Bonchev–Trinajstić information content (AvgIpc) is 2.03. The second-order valence-corrected chi connectivity index (χ2v) is 2.29. The number of nitrogens with one attached hydrogen (secondary N) is 1. The molecule has 0 bridgehead atoms. The second kappa shape index (κ2) is 3.95. The number of hydroxylamine groups is 1. The minimum absolute atomic E-state index is 0.126. The maximum Gasteiger partial charge on any atom is 0.275 e. The number of amides is 1. The summed E-state index contributed by atoms with van der Waals surface area (Å²) in [6, 6.07) is 2.51. The summed E-state index contributed by atoms with van der Waals surface area (Å²) in [5.41, 5.74) is 1.82. The Balaban J connectivity index is 2.94. The van der Waals surface area contributed by atoms with Gasteiger partial charge in [0.15, 0.2) is 0 Å². The van der Waals surface area contributed by atoms with E-state index in [4.69, 9.17) is 0 Å². The van der Waals surface area contributed by atoms with Crippen LogP contribution >= 0.6 is 0 Å². The molecule has 0 saturated carbocycles. The molecule has 1 rings (SSSR count). The van der Waals surface area contributed by atoms with Crippen LogP contribution in [0.5, 0.6) is 0 Å². The van der Waals surface area contributed by atoms with Crippen LogP contribution in [0.15, 0.2) is 18.2 Å². The highest BCUT2D eigenvalue weighted by Crippen LogP contribution is 2.07. The topological polar surface area (TPSA) is 38.3 Å². The summed E-state index contributed by atoms with van der Waals surface area (Å²) in [6.07, 6.45) is 0. The van der Waals surface area contributed by atoms with Crippen molar-refractivity contribution in [2.75, 3.05) is 7.11 Å². The predicted octanol–water partition coefficient (Wildman–Crippen LogP) is 1.26. The van der Waals surface area contributed by atoms with Crippen molar-refractivity contribution in [2.45, 2.75) is 0 Å². The third-order valence-electron chi connectivity index (χ3n) is 1.32. The second-order valence-electron chi connectivity index (χ2n) is 2.29. The summed E-state index contributed by atoms with van der Waals surface area (Å²) in [5, 5.41) is 0. The predicted molar refractivity (Wildman–Crippen MR) is 40.8 cm³/mol. The van der Waals surface area contributed by atoms with E-state index in [2.05, 4.69) is 4.84 Å². The van der Waals surface area contributed by atoms with E-state index in [0.717, 1.165) is 12.1 Å². The van der Waals surface area contributed by atoms with Gasteiger partial charge in [0.1, 0.15) is 11.6 Å². The molecule has 1 N–H and O–H groups in total. The molecule has 0 aliphatic heterocycles. The molecule has 0 unspecified atom stereocenters. The molecular formula is C8H7F2NO2. The van der Waals surface area contributed by atoms with Crippen molar-refractivity contribution in [1.29, 1.82) is 0 Å². The standard InChI is InChI=1S/C8H7F2NO2/c1-13-11-8(12)5-2-6(9)4-7(10)3-5/h2-4H,1H3,(H,11,12). The number of benzene rings is 1. The number of halogens is 2. The van der Waals surface area contributed by atoms with Gasteiger partial charge in [-0.1, -0.05) is 0 Å². The Labute approximate surface area is 73.3 Å². The first-order chi connectivity index (χ1) is 6.13. The van der Waals surface area contributed by atoms with Crippen LogP contribution in [0.2, 0.25) is 0 Å². The molecule has 0 aromatic heterocycles. The fourth-order valence-electron chi connectivity index (χ4n) is 0.837. The van der Waals surface area contributed by atoms with Gasteiger partial charge in [0, 0.05) is 11.6 Å². The van der Waals surface area contributed by atoms with E-state index >= 15 is 0 Å². The van der Waals surface area contributed by atoms with Gasteiger partial charge >= 0.3 is 0 Å².